The Morgan fingerprint density at radius 2 is 1.82 bits per heavy atom. The lowest BCUT2D eigenvalue weighted by atomic mass is 9.75. The Labute approximate surface area is 167 Å². The summed E-state index contributed by atoms with van der Waals surface area (Å²) in [6.45, 7) is 14.2. The van der Waals surface area contributed by atoms with Crippen LogP contribution in [0.4, 0.5) is 4.79 Å². The molecule has 8 nitrogen and oxygen atoms in total. The van der Waals surface area contributed by atoms with Crippen LogP contribution in [0.15, 0.2) is 0 Å². The van der Waals surface area contributed by atoms with E-state index in [1.165, 1.54) is 11.8 Å². The standard InChI is InChI=1S/C20H35N3O5/c1-11(2)21-16(25)15(13(4)24)22-14(5)20(17(22)26)10-9-12(3)23(20)18(27)28-19(6,7)8/h11-15,24H,9-10H2,1-8H3,(H,21,25). The van der Waals surface area contributed by atoms with E-state index in [0.717, 1.165) is 0 Å². The predicted molar refractivity (Wildman–Crippen MR) is 105 cm³/mol. The number of hydrogen-bond acceptors (Lipinski definition) is 5. The first-order chi connectivity index (χ1) is 12.7. The van der Waals surface area contributed by atoms with Crippen molar-refractivity contribution in [3.63, 3.8) is 0 Å². The van der Waals surface area contributed by atoms with Gasteiger partial charge in [-0.25, -0.2) is 4.79 Å². The molecule has 2 heterocycles. The van der Waals surface area contributed by atoms with Gasteiger partial charge in [-0.3, -0.25) is 14.5 Å². The first kappa shape index (κ1) is 22.5. The van der Waals surface area contributed by atoms with Crippen molar-refractivity contribution in [2.75, 3.05) is 0 Å². The number of carbonyl (C=O) groups excluding carboxylic acids is 3. The largest absolute Gasteiger partial charge is 0.444 e. The fraction of sp³-hybridized carbons (Fsp3) is 0.850. The van der Waals surface area contributed by atoms with Gasteiger partial charge in [0.15, 0.2) is 0 Å². The molecule has 0 radical (unpaired) electrons. The monoisotopic (exact) mass is 397 g/mol. The molecule has 160 valence electrons. The Hall–Kier alpha value is -1.83. The summed E-state index contributed by atoms with van der Waals surface area (Å²) in [5.41, 5.74) is -1.69. The van der Waals surface area contributed by atoms with Crippen molar-refractivity contribution >= 4 is 17.9 Å². The van der Waals surface area contributed by atoms with Gasteiger partial charge >= 0.3 is 6.09 Å². The highest BCUT2D eigenvalue weighted by atomic mass is 16.6. The fourth-order valence-corrected chi connectivity index (χ4v) is 4.40. The summed E-state index contributed by atoms with van der Waals surface area (Å²) in [4.78, 5) is 41.8. The summed E-state index contributed by atoms with van der Waals surface area (Å²) in [5, 5.41) is 13.0. The van der Waals surface area contributed by atoms with Crippen molar-refractivity contribution in [3.05, 3.63) is 0 Å². The van der Waals surface area contributed by atoms with Crippen LogP contribution in [0.5, 0.6) is 0 Å². The van der Waals surface area contributed by atoms with Crippen LogP contribution in [0.1, 0.15) is 68.2 Å². The number of rotatable bonds is 4. The number of nitrogens with one attached hydrogen (secondary N) is 1. The van der Waals surface area contributed by atoms with Crippen molar-refractivity contribution in [2.24, 2.45) is 0 Å². The van der Waals surface area contributed by atoms with Crippen molar-refractivity contribution in [3.8, 4) is 0 Å². The molecule has 0 aromatic heterocycles. The van der Waals surface area contributed by atoms with Crippen LogP contribution in [-0.2, 0) is 14.3 Å². The van der Waals surface area contributed by atoms with E-state index in [4.69, 9.17) is 4.74 Å². The van der Waals surface area contributed by atoms with E-state index in [-0.39, 0.29) is 18.0 Å². The summed E-state index contributed by atoms with van der Waals surface area (Å²) in [7, 11) is 0. The average Bonchev–Trinajstić information content (AvgIpc) is 2.88. The first-order valence-corrected chi connectivity index (χ1v) is 10.1. The first-order valence-electron chi connectivity index (χ1n) is 10.1. The number of hydrogen-bond donors (Lipinski definition) is 2. The third-order valence-electron chi connectivity index (χ3n) is 5.57. The zero-order chi connectivity index (χ0) is 21.6. The van der Waals surface area contributed by atoms with Crippen molar-refractivity contribution < 1.29 is 24.2 Å². The van der Waals surface area contributed by atoms with Gasteiger partial charge < -0.3 is 20.1 Å². The molecule has 5 unspecified atom stereocenters. The Morgan fingerprint density at radius 1 is 1.25 bits per heavy atom. The van der Waals surface area contributed by atoms with E-state index in [1.54, 1.807) is 25.7 Å². The maximum absolute atomic E-state index is 13.3. The summed E-state index contributed by atoms with van der Waals surface area (Å²) in [6, 6.07) is -1.65. The van der Waals surface area contributed by atoms with Gasteiger partial charge in [0.25, 0.3) is 5.91 Å². The molecular formula is C20H35N3O5. The fourth-order valence-electron chi connectivity index (χ4n) is 4.40. The molecule has 2 fully saturated rings. The van der Waals surface area contributed by atoms with Gasteiger partial charge in [-0.1, -0.05) is 0 Å². The molecule has 2 N–H and O–H groups in total. The third-order valence-corrected chi connectivity index (χ3v) is 5.57. The van der Waals surface area contributed by atoms with E-state index in [2.05, 4.69) is 5.32 Å². The molecule has 0 aromatic rings. The summed E-state index contributed by atoms with van der Waals surface area (Å²) >= 11 is 0. The molecule has 5 atom stereocenters. The number of β-lactam (4-membered cyclic amide) rings is 1. The Morgan fingerprint density at radius 3 is 2.25 bits per heavy atom. The van der Waals surface area contributed by atoms with E-state index in [9.17, 15) is 19.5 Å². The van der Waals surface area contributed by atoms with Crippen LogP contribution in [-0.4, -0.2) is 74.2 Å². The summed E-state index contributed by atoms with van der Waals surface area (Å²) < 4.78 is 5.55. The van der Waals surface area contributed by atoms with Crippen LogP contribution >= 0.6 is 0 Å². The normalized spacial score (nSPS) is 29.7. The van der Waals surface area contributed by atoms with Crippen molar-refractivity contribution in [1.82, 2.24) is 15.1 Å². The van der Waals surface area contributed by atoms with E-state index >= 15 is 0 Å². The van der Waals surface area contributed by atoms with E-state index in [1.807, 2.05) is 27.7 Å². The molecule has 3 amide bonds. The molecule has 0 aliphatic carbocycles. The second-order valence-corrected chi connectivity index (χ2v) is 9.40. The number of aliphatic hydroxyl groups is 1. The number of aliphatic hydroxyl groups excluding tert-OH is 1. The number of nitrogens with zero attached hydrogens (tertiary/aromatic N) is 2. The second kappa shape index (κ2) is 7.54. The Bertz CT molecular complexity index is 642. The van der Waals surface area contributed by atoms with Gasteiger partial charge in [0.05, 0.1) is 12.1 Å². The van der Waals surface area contributed by atoms with Gasteiger partial charge in [-0.15, -0.1) is 0 Å². The highest BCUT2D eigenvalue weighted by Gasteiger charge is 2.69. The lowest BCUT2D eigenvalue weighted by Crippen LogP contribution is -2.82. The zero-order valence-corrected chi connectivity index (χ0v) is 18.3. The minimum Gasteiger partial charge on any atom is -0.444 e. The predicted octanol–water partition coefficient (Wildman–Crippen LogP) is 1.65. The van der Waals surface area contributed by atoms with Gasteiger partial charge in [0.2, 0.25) is 5.91 Å². The van der Waals surface area contributed by atoms with Gasteiger partial charge in [-0.2, -0.15) is 0 Å². The van der Waals surface area contributed by atoms with Crippen molar-refractivity contribution in [1.29, 1.82) is 0 Å². The third kappa shape index (κ3) is 3.71. The number of ether oxygens (including phenoxy) is 1. The van der Waals surface area contributed by atoms with Crippen molar-refractivity contribution in [2.45, 2.75) is 110 Å². The zero-order valence-electron chi connectivity index (χ0n) is 18.3. The second-order valence-electron chi connectivity index (χ2n) is 9.40. The molecule has 8 heteroatoms. The molecule has 2 aliphatic heterocycles. The molecule has 2 saturated heterocycles. The van der Waals surface area contributed by atoms with Crippen LogP contribution in [0, 0.1) is 0 Å². The SMILES string of the molecule is CC(C)NC(=O)C(C(C)O)N1C(=O)C2(CCC(C)N2C(=O)OC(C)(C)C)C1C. The molecular weight excluding hydrogens is 362 g/mol. The highest BCUT2D eigenvalue weighted by molar-refractivity contribution is 6.01. The molecule has 2 aliphatic rings. The van der Waals surface area contributed by atoms with Crippen LogP contribution < -0.4 is 5.32 Å². The van der Waals surface area contributed by atoms with Crippen LogP contribution in [0.2, 0.25) is 0 Å². The lowest BCUT2D eigenvalue weighted by Gasteiger charge is -2.59. The maximum Gasteiger partial charge on any atom is 0.411 e. The van der Waals surface area contributed by atoms with E-state index in [0.29, 0.717) is 12.8 Å². The molecule has 0 aromatic carbocycles. The quantitative estimate of drug-likeness (QED) is 0.703. The molecule has 2 rings (SSSR count). The Kier molecular flexibility index (Phi) is 6.05. The highest BCUT2D eigenvalue weighted by Crippen LogP contribution is 2.48. The topological polar surface area (TPSA) is 99.2 Å². The smallest absolute Gasteiger partial charge is 0.411 e. The summed E-state index contributed by atoms with van der Waals surface area (Å²) in [5.74, 6) is -0.699. The lowest BCUT2D eigenvalue weighted by molar-refractivity contribution is -0.184. The van der Waals surface area contributed by atoms with Gasteiger partial charge in [0.1, 0.15) is 17.2 Å². The average molecular weight is 398 g/mol. The van der Waals surface area contributed by atoms with Crippen LogP contribution in [0.25, 0.3) is 0 Å². The number of likely N-dealkylation sites (tertiary alicyclic amines) is 2. The number of amides is 3. The maximum atomic E-state index is 13.3. The molecule has 0 saturated carbocycles. The van der Waals surface area contributed by atoms with Gasteiger partial charge in [0, 0.05) is 12.1 Å². The molecule has 1 spiro atoms. The minimum absolute atomic E-state index is 0.112. The Balaban J connectivity index is 2.32. The van der Waals surface area contributed by atoms with E-state index < -0.39 is 41.3 Å². The minimum atomic E-state index is -1.03. The number of carbonyl (C=O) groups is 3. The molecule has 28 heavy (non-hydrogen) atoms. The molecule has 0 bridgehead atoms. The van der Waals surface area contributed by atoms with Gasteiger partial charge in [-0.05, 0) is 68.2 Å². The summed E-state index contributed by atoms with van der Waals surface area (Å²) in [6.07, 6.45) is -0.350. The van der Waals surface area contributed by atoms with Crippen LogP contribution in [0.3, 0.4) is 0 Å².